The lowest BCUT2D eigenvalue weighted by Gasteiger charge is -2.33. The molecule has 1 aliphatic rings. The van der Waals surface area contributed by atoms with Crippen LogP contribution in [0.4, 0.5) is 0 Å². The van der Waals surface area contributed by atoms with Crippen LogP contribution in [0.2, 0.25) is 0 Å². The molecular weight excluding hydrogens is 326 g/mol. The Morgan fingerprint density at radius 3 is 2.73 bits per heavy atom. The molecule has 3 rings (SSSR count). The highest BCUT2D eigenvalue weighted by Gasteiger charge is 2.23. The third-order valence-corrected chi connectivity index (χ3v) is 5.39. The summed E-state index contributed by atoms with van der Waals surface area (Å²) in [5.74, 6) is 0.107. The zero-order valence-corrected chi connectivity index (χ0v) is 15.6. The summed E-state index contributed by atoms with van der Waals surface area (Å²) in [5.41, 5.74) is 2.34. The average molecular weight is 355 g/mol. The molecule has 0 bridgehead atoms. The van der Waals surface area contributed by atoms with E-state index in [0.717, 1.165) is 24.8 Å². The average Bonchev–Trinajstić information content (AvgIpc) is 3.06. The number of amides is 2. The molecule has 0 spiro atoms. The molecule has 2 N–H and O–H groups in total. The van der Waals surface area contributed by atoms with E-state index in [1.165, 1.54) is 30.2 Å². The zero-order valence-electron chi connectivity index (χ0n) is 15.6. The highest BCUT2D eigenvalue weighted by atomic mass is 16.2. The van der Waals surface area contributed by atoms with Crippen molar-refractivity contribution in [2.75, 3.05) is 13.1 Å². The first-order chi connectivity index (χ1) is 12.6. The van der Waals surface area contributed by atoms with Crippen molar-refractivity contribution < 1.29 is 9.59 Å². The minimum absolute atomic E-state index is 0.0203. The van der Waals surface area contributed by atoms with Crippen LogP contribution in [-0.2, 0) is 16.0 Å². The lowest BCUT2D eigenvalue weighted by Crippen LogP contribution is -2.42. The van der Waals surface area contributed by atoms with Crippen molar-refractivity contribution in [2.45, 2.75) is 57.9 Å². The van der Waals surface area contributed by atoms with E-state index in [-0.39, 0.29) is 11.8 Å². The van der Waals surface area contributed by atoms with Gasteiger partial charge in [0, 0.05) is 49.6 Å². The number of hydrogen-bond donors (Lipinski definition) is 2. The summed E-state index contributed by atoms with van der Waals surface area (Å²) in [5, 5.41) is 4.20. The second kappa shape index (κ2) is 8.88. The Morgan fingerprint density at radius 1 is 1.19 bits per heavy atom. The first-order valence-corrected chi connectivity index (χ1v) is 9.74. The first kappa shape index (κ1) is 18.5. The largest absolute Gasteiger partial charge is 0.361 e. The van der Waals surface area contributed by atoms with Gasteiger partial charge in [0.15, 0.2) is 0 Å². The fourth-order valence-electron chi connectivity index (χ4n) is 3.98. The predicted molar refractivity (Wildman–Crippen MR) is 104 cm³/mol. The van der Waals surface area contributed by atoms with Gasteiger partial charge in [-0.25, -0.2) is 0 Å². The fraction of sp³-hybridized carbons (Fsp3) is 0.524. The van der Waals surface area contributed by atoms with Crippen molar-refractivity contribution in [3.63, 3.8) is 0 Å². The molecule has 5 nitrogen and oxygen atoms in total. The topological polar surface area (TPSA) is 65.2 Å². The van der Waals surface area contributed by atoms with Crippen LogP contribution in [0.1, 0.15) is 51.0 Å². The van der Waals surface area contributed by atoms with Crippen molar-refractivity contribution in [1.82, 2.24) is 15.2 Å². The highest BCUT2D eigenvalue weighted by Crippen LogP contribution is 2.23. The van der Waals surface area contributed by atoms with Gasteiger partial charge < -0.3 is 15.2 Å². The number of aromatic amines is 1. The van der Waals surface area contributed by atoms with Crippen molar-refractivity contribution in [3.8, 4) is 0 Å². The third kappa shape index (κ3) is 4.65. The monoisotopic (exact) mass is 355 g/mol. The molecule has 1 saturated carbocycles. The van der Waals surface area contributed by atoms with Crippen molar-refractivity contribution in [1.29, 1.82) is 0 Å². The molecule has 0 unspecified atom stereocenters. The fourth-order valence-corrected chi connectivity index (χ4v) is 3.98. The standard InChI is InChI=1S/C21H29N3O2/c1-16(25)24(18-7-3-2-4-8-18)14-12-21(26)22-13-11-17-15-23-20-10-6-5-9-19(17)20/h5-6,9-10,15,18,23H,2-4,7-8,11-14H2,1H3,(H,22,26). The Morgan fingerprint density at radius 2 is 1.96 bits per heavy atom. The number of para-hydroxylation sites is 1. The summed E-state index contributed by atoms with van der Waals surface area (Å²) in [4.78, 5) is 29.3. The molecule has 0 radical (unpaired) electrons. The van der Waals surface area contributed by atoms with Gasteiger partial charge in [0.2, 0.25) is 11.8 Å². The van der Waals surface area contributed by atoms with Gasteiger partial charge in [0.25, 0.3) is 0 Å². The third-order valence-electron chi connectivity index (χ3n) is 5.39. The van der Waals surface area contributed by atoms with E-state index in [1.54, 1.807) is 6.92 Å². The molecule has 0 aliphatic heterocycles. The van der Waals surface area contributed by atoms with Crippen molar-refractivity contribution >= 4 is 22.7 Å². The second-order valence-corrected chi connectivity index (χ2v) is 7.21. The van der Waals surface area contributed by atoms with Crippen molar-refractivity contribution in [3.05, 3.63) is 36.0 Å². The van der Waals surface area contributed by atoms with E-state index in [2.05, 4.69) is 22.4 Å². The van der Waals surface area contributed by atoms with E-state index in [1.807, 2.05) is 23.2 Å². The molecule has 1 aliphatic carbocycles. The van der Waals surface area contributed by atoms with Crippen LogP contribution < -0.4 is 5.32 Å². The lowest BCUT2D eigenvalue weighted by molar-refractivity contribution is -0.132. The maximum absolute atomic E-state index is 12.2. The number of carbonyl (C=O) groups excluding carboxylic acids is 2. The van der Waals surface area contributed by atoms with Gasteiger partial charge in [-0.15, -0.1) is 0 Å². The summed E-state index contributed by atoms with van der Waals surface area (Å²) >= 11 is 0. The Labute approximate surface area is 155 Å². The number of nitrogens with one attached hydrogen (secondary N) is 2. The minimum Gasteiger partial charge on any atom is -0.361 e. The Balaban J connectivity index is 1.44. The molecule has 5 heteroatoms. The number of nitrogens with zero attached hydrogens (tertiary/aromatic N) is 1. The normalized spacial score (nSPS) is 15.1. The predicted octanol–water partition coefficient (Wildman–Crippen LogP) is 3.40. The quantitative estimate of drug-likeness (QED) is 0.799. The van der Waals surface area contributed by atoms with Gasteiger partial charge in [-0.1, -0.05) is 37.5 Å². The first-order valence-electron chi connectivity index (χ1n) is 9.74. The van der Waals surface area contributed by atoms with E-state index >= 15 is 0 Å². The molecule has 26 heavy (non-hydrogen) atoms. The van der Waals surface area contributed by atoms with Crippen molar-refractivity contribution in [2.24, 2.45) is 0 Å². The summed E-state index contributed by atoms with van der Waals surface area (Å²) < 4.78 is 0. The van der Waals surface area contributed by atoms with Crippen LogP contribution in [0.5, 0.6) is 0 Å². The van der Waals surface area contributed by atoms with Crippen LogP contribution in [-0.4, -0.2) is 40.8 Å². The molecule has 2 amide bonds. The Bertz CT molecular complexity index is 747. The van der Waals surface area contributed by atoms with Crippen LogP contribution in [0.25, 0.3) is 10.9 Å². The zero-order chi connectivity index (χ0) is 18.4. The second-order valence-electron chi connectivity index (χ2n) is 7.21. The SMILES string of the molecule is CC(=O)N(CCC(=O)NCCc1c[nH]c2ccccc12)C1CCCCC1. The molecule has 2 aromatic rings. The van der Waals surface area contributed by atoms with Crippen LogP contribution in [0.3, 0.4) is 0 Å². The molecule has 140 valence electrons. The number of H-pyrrole nitrogens is 1. The van der Waals surface area contributed by atoms with Gasteiger partial charge in [0.1, 0.15) is 0 Å². The van der Waals surface area contributed by atoms with E-state index in [9.17, 15) is 9.59 Å². The van der Waals surface area contributed by atoms with E-state index < -0.39 is 0 Å². The number of benzene rings is 1. The van der Waals surface area contributed by atoms with Gasteiger partial charge in [-0.2, -0.15) is 0 Å². The van der Waals surface area contributed by atoms with Gasteiger partial charge in [0.05, 0.1) is 0 Å². The molecular formula is C21H29N3O2. The summed E-state index contributed by atoms with van der Waals surface area (Å²) in [6, 6.07) is 8.51. The van der Waals surface area contributed by atoms with Crippen LogP contribution in [0.15, 0.2) is 30.5 Å². The van der Waals surface area contributed by atoms with Gasteiger partial charge in [-0.3, -0.25) is 9.59 Å². The number of hydrogen-bond acceptors (Lipinski definition) is 2. The molecule has 0 atom stereocenters. The molecule has 1 aromatic heterocycles. The Hall–Kier alpha value is -2.30. The van der Waals surface area contributed by atoms with Gasteiger partial charge >= 0.3 is 0 Å². The molecule has 1 fully saturated rings. The van der Waals surface area contributed by atoms with Crippen LogP contribution >= 0.6 is 0 Å². The molecule has 0 saturated heterocycles. The highest BCUT2D eigenvalue weighted by molar-refractivity contribution is 5.83. The van der Waals surface area contributed by atoms with Gasteiger partial charge in [-0.05, 0) is 30.9 Å². The maximum Gasteiger partial charge on any atom is 0.221 e. The lowest BCUT2D eigenvalue weighted by atomic mass is 9.94. The van der Waals surface area contributed by atoms with E-state index in [0.29, 0.717) is 25.6 Å². The number of carbonyl (C=O) groups is 2. The van der Waals surface area contributed by atoms with E-state index in [4.69, 9.17) is 0 Å². The smallest absolute Gasteiger partial charge is 0.221 e. The summed E-state index contributed by atoms with van der Waals surface area (Å²) in [6.45, 7) is 2.76. The molecule has 1 heterocycles. The number of aromatic nitrogens is 1. The Kier molecular flexibility index (Phi) is 6.31. The molecule has 1 aromatic carbocycles. The number of rotatable bonds is 7. The summed E-state index contributed by atoms with van der Waals surface area (Å²) in [7, 11) is 0. The summed E-state index contributed by atoms with van der Waals surface area (Å²) in [6.07, 6.45) is 8.97. The van der Waals surface area contributed by atoms with Crippen LogP contribution in [0, 0.1) is 0 Å². The minimum atomic E-state index is 0.0203. The number of fused-ring (bicyclic) bond motifs is 1. The maximum atomic E-state index is 12.2.